The summed E-state index contributed by atoms with van der Waals surface area (Å²) in [5.41, 5.74) is 7.45. The molecule has 34 heavy (non-hydrogen) atoms. The molecule has 0 spiro atoms. The lowest BCUT2D eigenvalue weighted by Crippen LogP contribution is -2.31. The predicted octanol–water partition coefficient (Wildman–Crippen LogP) is 3.70. The molecule has 10 heteroatoms. The van der Waals surface area contributed by atoms with Crippen LogP contribution in [0, 0.1) is 15.2 Å². The van der Waals surface area contributed by atoms with Crippen molar-refractivity contribution >= 4 is 34.3 Å². The predicted molar refractivity (Wildman–Crippen MR) is 131 cm³/mol. The number of nitrogens with zero attached hydrogens (tertiary/aromatic N) is 2. The first-order valence-corrected chi connectivity index (χ1v) is 11.8. The van der Waals surface area contributed by atoms with Crippen molar-refractivity contribution in [3.05, 3.63) is 74.6 Å². The minimum Gasteiger partial charge on any atom is -0.394 e. The maximum Gasteiger partial charge on any atom is 0.254 e. The largest absolute Gasteiger partial charge is 0.394 e. The number of benzene rings is 2. The average molecular weight is 580 g/mol. The summed E-state index contributed by atoms with van der Waals surface area (Å²) in [4.78, 5) is 21.5. The van der Waals surface area contributed by atoms with Gasteiger partial charge in [-0.25, -0.2) is 18.7 Å². The Morgan fingerprint density at radius 1 is 1.24 bits per heavy atom. The first-order chi connectivity index (χ1) is 16.2. The number of aromatic nitrogens is 2. The molecule has 1 aliphatic rings. The highest BCUT2D eigenvalue weighted by Gasteiger charge is 2.26. The van der Waals surface area contributed by atoms with Gasteiger partial charge < -0.3 is 21.3 Å². The van der Waals surface area contributed by atoms with Crippen molar-refractivity contribution in [3.8, 4) is 11.3 Å². The van der Waals surface area contributed by atoms with Crippen LogP contribution in [0.1, 0.15) is 52.8 Å². The summed E-state index contributed by atoms with van der Waals surface area (Å²) in [5.74, 6) is -1.88. The number of carbonyl (C=O) groups excluding carboxylic acids is 1. The lowest BCUT2D eigenvalue weighted by molar-refractivity contribution is 0.0912. The van der Waals surface area contributed by atoms with Gasteiger partial charge >= 0.3 is 0 Å². The molecule has 1 amide bonds. The van der Waals surface area contributed by atoms with Crippen molar-refractivity contribution in [1.29, 1.82) is 0 Å². The monoisotopic (exact) mass is 580 g/mol. The molecule has 0 saturated heterocycles. The molecule has 4 rings (SSSR count). The van der Waals surface area contributed by atoms with Crippen LogP contribution in [-0.2, 0) is 0 Å². The highest BCUT2D eigenvalue weighted by Crippen LogP contribution is 2.35. The van der Waals surface area contributed by atoms with Gasteiger partial charge in [0.2, 0.25) is 0 Å². The quantitative estimate of drug-likeness (QED) is 0.330. The number of hydrogen-bond acceptors (Lipinski definition) is 6. The zero-order valence-corrected chi connectivity index (χ0v) is 20.2. The molecule has 0 bridgehead atoms. The van der Waals surface area contributed by atoms with E-state index < -0.39 is 30.2 Å². The fraction of sp³-hybridized carbons (Fsp3) is 0.292. The number of hydrogen-bond donors (Lipinski definition) is 4. The number of nitrogens with one attached hydrogen (secondary N) is 1. The van der Waals surface area contributed by atoms with E-state index in [1.807, 2.05) is 22.6 Å². The molecule has 0 radical (unpaired) electrons. The Balaban J connectivity index is 1.57. The maximum absolute atomic E-state index is 14.9. The average Bonchev–Trinajstić information content (AvgIpc) is 3.23. The van der Waals surface area contributed by atoms with Gasteiger partial charge in [0.25, 0.3) is 5.91 Å². The molecule has 1 fully saturated rings. The molecule has 3 aromatic rings. The van der Waals surface area contributed by atoms with Crippen LogP contribution in [-0.4, -0.2) is 38.8 Å². The van der Waals surface area contributed by atoms with Crippen molar-refractivity contribution in [2.24, 2.45) is 0 Å². The Kier molecular flexibility index (Phi) is 7.39. The first-order valence-electron chi connectivity index (χ1n) is 10.7. The molecule has 1 aliphatic carbocycles. The Bertz CT molecular complexity index is 1210. The van der Waals surface area contributed by atoms with E-state index in [1.165, 1.54) is 24.3 Å². The molecule has 3 atom stereocenters. The van der Waals surface area contributed by atoms with Crippen molar-refractivity contribution in [1.82, 2.24) is 15.3 Å². The SMILES string of the molecule is Nc1ncc([C@H]2CC[C@H](O)C2)nc1-c1ccc(C(=O)NC(CO)c2cc(F)cc(I)c2)c(F)c1. The Hall–Kier alpha value is -2.70. The molecule has 2 aromatic carbocycles. The van der Waals surface area contributed by atoms with Gasteiger partial charge in [-0.3, -0.25) is 4.79 Å². The fourth-order valence-corrected chi connectivity index (χ4v) is 4.80. The second-order valence-corrected chi connectivity index (χ2v) is 9.54. The van der Waals surface area contributed by atoms with Crippen LogP contribution >= 0.6 is 22.6 Å². The van der Waals surface area contributed by atoms with Crippen LogP contribution in [0.25, 0.3) is 11.3 Å². The van der Waals surface area contributed by atoms with Gasteiger partial charge in [0, 0.05) is 15.1 Å². The van der Waals surface area contributed by atoms with Gasteiger partial charge in [0.05, 0.1) is 36.2 Å². The van der Waals surface area contributed by atoms with Crippen LogP contribution in [0.4, 0.5) is 14.6 Å². The van der Waals surface area contributed by atoms with E-state index in [0.29, 0.717) is 38.9 Å². The molecule has 7 nitrogen and oxygen atoms in total. The molecule has 178 valence electrons. The summed E-state index contributed by atoms with van der Waals surface area (Å²) in [6, 6.07) is 7.22. The van der Waals surface area contributed by atoms with E-state index in [9.17, 15) is 23.8 Å². The second kappa shape index (κ2) is 10.3. The van der Waals surface area contributed by atoms with E-state index in [1.54, 1.807) is 12.3 Å². The summed E-state index contributed by atoms with van der Waals surface area (Å²) in [5, 5.41) is 22.0. The lowest BCUT2D eigenvalue weighted by atomic mass is 10.0. The number of nitrogens with two attached hydrogens (primary N) is 1. The lowest BCUT2D eigenvalue weighted by Gasteiger charge is -2.18. The molecule has 1 unspecified atom stereocenters. The molecular formula is C24H23F2IN4O3. The van der Waals surface area contributed by atoms with Crippen molar-refractivity contribution in [2.45, 2.75) is 37.3 Å². The van der Waals surface area contributed by atoms with Crippen molar-refractivity contribution in [3.63, 3.8) is 0 Å². The first kappa shape index (κ1) is 24.4. The van der Waals surface area contributed by atoms with Crippen LogP contribution in [0.15, 0.2) is 42.6 Å². The van der Waals surface area contributed by atoms with E-state index in [-0.39, 0.29) is 23.4 Å². The minimum atomic E-state index is -0.907. The van der Waals surface area contributed by atoms with Gasteiger partial charge in [0.1, 0.15) is 23.1 Å². The standard InChI is InChI=1S/C24H23F2IN4O3/c25-15-5-14(6-16(27)9-15)21(11-32)31-24(34)18-4-2-13(8-19(18)26)22-23(28)29-10-20(30-22)12-1-3-17(33)7-12/h2,4-6,8-10,12,17,21,32-33H,1,3,7,11H2,(H2,28,29)(H,31,34)/t12-,17-,21?/m0/s1. The van der Waals surface area contributed by atoms with Gasteiger partial charge in [-0.1, -0.05) is 6.07 Å². The third-order valence-electron chi connectivity index (χ3n) is 5.90. The number of halogens is 3. The van der Waals surface area contributed by atoms with Crippen LogP contribution in [0.3, 0.4) is 0 Å². The summed E-state index contributed by atoms with van der Waals surface area (Å²) < 4.78 is 29.3. The molecule has 0 aliphatic heterocycles. The zero-order chi connectivity index (χ0) is 24.4. The molecule has 1 heterocycles. The number of anilines is 1. The van der Waals surface area contributed by atoms with Crippen LogP contribution in [0.5, 0.6) is 0 Å². The van der Waals surface area contributed by atoms with E-state index in [4.69, 9.17) is 5.73 Å². The highest BCUT2D eigenvalue weighted by atomic mass is 127. The van der Waals surface area contributed by atoms with Gasteiger partial charge in [-0.2, -0.15) is 0 Å². The smallest absolute Gasteiger partial charge is 0.254 e. The van der Waals surface area contributed by atoms with Gasteiger partial charge in [-0.15, -0.1) is 0 Å². The second-order valence-electron chi connectivity index (χ2n) is 8.30. The zero-order valence-electron chi connectivity index (χ0n) is 18.0. The Labute approximate surface area is 208 Å². The summed E-state index contributed by atoms with van der Waals surface area (Å²) in [6.07, 6.45) is 3.25. The minimum absolute atomic E-state index is 0.0537. The summed E-state index contributed by atoms with van der Waals surface area (Å²) in [7, 11) is 0. The van der Waals surface area contributed by atoms with E-state index in [0.717, 1.165) is 12.5 Å². The van der Waals surface area contributed by atoms with Crippen molar-refractivity contribution in [2.75, 3.05) is 12.3 Å². The normalized spacial score (nSPS) is 18.6. The van der Waals surface area contributed by atoms with E-state index in [2.05, 4.69) is 15.3 Å². The number of carbonyl (C=O) groups is 1. The molecule has 5 N–H and O–H groups in total. The fourth-order valence-electron chi connectivity index (χ4n) is 4.14. The maximum atomic E-state index is 14.9. The number of aliphatic hydroxyl groups is 2. The third kappa shape index (κ3) is 5.34. The number of aliphatic hydroxyl groups excluding tert-OH is 2. The molecule has 1 saturated carbocycles. The van der Waals surface area contributed by atoms with Gasteiger partial charge in [-0.05, 0) is 77.7 Å². The summed E-state index contributed by atoms with van der Waals surface area (Å²) >= 11 is 1.93. The Morgan fingerprint density at radius 3 is 2.68 bits per heavy atom. The molecule has 1 aromatic heterocycles. The number of amides is 1. The van der Waals surface area contributed by atoms with Crippen LogP contribution < -0.4 is 11.1 Å². The number of rotatable bonds is 6. The van der Waals surface area contributed by atoms with Gasteiger partial charge in [0.15, 0.2) is 0 Å². The van der Waals surface area contributed by atoms with Crippen LogP contribution in [0.2, 0.25) is 0 Å². The number of nitrogen functional groups attached to an aromatic ring is 1. The molecular weight excluding hydrogens is 557 g/mol. The van der Waals surface area contributed by atoms with Crippen molar-refractivity contribution < 1.29 is 23.8 Å². The third-order valence-corrected chi connectivity index (χ3v) is 6.53. The highest BCUT2D eigenvalue weighted by molar-refractivity contribution is 14.1. The topological polar surface area (TPSA) is 121 Å². The summed E-state index contributed by atoms with van der Waals surface area (Å²) in [6.45, 7) is -0.486. The Morgan fingerprint density at radius 2 is 2.03 bits per heavy atom. The van der Waals surface area contributed by atoms with E-state index >= 15 is 0 Å².